The van der Waals surface area contributed by atoms with Gasteiger partial charge in [-0.1, -0.05) is 206 Å². The van der Waals surface area contributed by atoms with Crippen molar-refractivity contribution in [2.24, 2.45) is 0 Å². The van der Waals surface area contributed by atoms with Gasteiger partial charge in [-0.3, -0.25) is 0 Å². The van der Waals surface area contributed by atoms with Crippen LogP contribution in [0.15, 0.2) is 12.4 Å². The van der Waals surface area contributed by atoms with Crippen LogP contribution in [-0.2, 0) is 0 Å². The van der Waals surface area contributed by atoms with Gasteiger partial charge in [0.1, 0.15) is 12.4 Å². The van der Waals surface area contributed by atoms with Crippen LogP contribution in [0.3, 0.4) is 0 Å². The summed E-state index contributed by atoms with van der Waals surface area (Å²) in [6.07, 6.45) is 50.7. The summed E-state index contributed by atoms with van der Waals surface area (Å²) in [5.74, 6) is 2.20. The van der Waals surface area contributed by atoms with Gasteiger partial charge in [0, 0.05) is 0 Å². The van der Waals surface area contributed by atoms with Crippen LogP contribution < -0.4 is 4.57 Å². The average molecular weight is 602 g/mol. The Morgan fingerprint density at radius 3 is 1.00 bits per heavy atom. The quantitative estimate of drug-likeness (QED) is 0.0599. The van der Waals surface area contributed by atoms with Crippen LogP contribution in [0.1, 0.15) is 251 Å². The highest BCUT2D eigenvalue weighted by Gasteiger charge is 2.23. The van der Waals surface area contributed by atoms with Crippen molar-refractivity contribution in [1.82, 2.24) is 4.98 Å². The largest absolute Gasteiger partial charge is 0.257 e. The van der Waals surface area contributed by atoms with Crippen molar-refractivity contribution >= 4 is 0 Å². The second-order valence-electron chi connectivity index (χ2n) is 14.5. The summed E-state index contributed by atoms with van der Waals surface area (Å²) in [7, 11) is 0. The van der Waals surface area contributed by atoms with E-state index < -0.39 is 0 Å². The number of unbranched alkanes of at least 4 members (excludes halogenated alkanes) is 28. The number of hydrogen-bond donors (Lipinski definition) is 1. The third-order valence-electron chi connectivity index (χ3n) is 10.00. The minimum absolute atomic E-state index is 0.547. The van der Waals surface area contributed by atoms with E-state index in [4.69, 9.17) is 0 Å². The lowest BCUT2D eigenvalue weighted by Crippen LogP contribution is -2.39. The van der Waals surface area contributed by atoms with E-state index in [1.54, 1.807) is 0 Å². The Morgan fingerprint density at radius 1 is 0.442 bits per heavy atom. The van der Waals surface area contributed by atoms with Gasteiger partial charge in [-0.05, 0) is 26.7 Å². The minimum atomic E-state index is 0.547. The monoisotopic (exact) mass is 602 g/mol. The van der Waals surface area contributed by atoms with Gasteiger partial charge in [-0.15, -0.1) is 0 Å². The highest BCUT2D eigenvalue weighted by molar-refractivity contribution is 4.90. The van der Waals surface area contributed by atoms with E-state index in [2.05, 4.69) is 49.6 Å². The lowest BCUT2D eigenvalue weighted by atomic mass is 9.93. The Bertz CT molecular complexity index is 662. The zero-order valence-electron chi connectivity index (χ0n) is 30.4. The van der Waals surface area contributed by atoms with Gasteiger partial charge in [-0.25, -0.2) is 9.55 Å². The smallest absolute Gasteiger partial charge is 0.247 e. The zero-order valence-corrected chi connectivity index (χ0v) is 30.4. The van der Waals surface area contributed by atoms with Crippen molar-refractivity contribution in [2.75, 3.05) is 0 Å². The predicted octanol–water partition coefficient (Wildman–Crippen LogP) is 14.5. The number of hydrogen-bond acceptors (Lipinski definition) is 0. The molecule has 0 saturated heterocycles. The summed E-state index contributed by atoms with van der Waals surface area (Å²) in [5.41, 5.74) is 0. The summed E-state index contributed by atoms with van der Waals surface area (Å²) in [6.45, 7) is 9.28. The molecule has 0 aliphatic carbocycles. The molecule has 1 aromatic rings. The molecule has 1 rings (SSSR count). The first-order chi connectivity index (χ1) is 21.2. The maximum atomic E-state index is 3.65. The summed E-state index contributed by atoms with van der Waals surface area (Å²) in [6, 6.07) is 0.547. The number of rotatable bonds is 34. The molecule has 0 aliphatic rings. The topological polar surface area (TPSA) is 19.7 Å². The van der Waals surface area contributed by atoms with Crippen LogP contribution in [0.25, 0.3) is 0 Å². The molecule has 254 valence electrons. The van der Waals surface area contributed by atoms with Crippen LogP contribution in [-0.4, -0.2) is 4.98 Å². The van der Waals surface area contributed by atoms with Crippen molar-refractivity contribution in [3.63, 3.8) is 0 Å². The molecule has 43 heavy (non-hydrogen) atoms. The van der Waals surface area contributed by atoms with E-state index in [0.29, 0.717) is 12.0 Å². The number of nitrogens with one attached hydrogen (secondary N) is 1. The highest BCUT2D eigenvalue weighted by Crippen LogP contribution is 2.27. The van der Waals surface area contributed by atoms with E-state index in [0.717, 1.165) is 0 Å². The fourth-order valence-corrected chi connectivity index (χ4v) is 7.08. The fraction of sp³-hybridized carbons (Fsp3) is 0.927. The van der Waals surface area contributed by atoms with Gasteiger partial charge in [0.2, 0.25) is 0 Å². The van der Waals surface area contributed by atoms with Crippen molar-refractivity contribution in [1.29, 1.82) is 0 Å². The first-order valence-electron chi connectivity index (χ1n) is 20.3. The van der Waals surface area contributed by atoms with Crippen molar-refractivity contribution in [3.8, 4) is 0 Å². The fourth-order valence-electron chi connectivity index (χ4n) is 7.08. The van der Waals surface area contributed by atoms with Gasteiger partial charge in [0.05, 0.1) is 12.0 Å². The van der Waals surface area contributed by atoms with Crippen LogP contribution >= 0.6 is 0 Å². The van der Waals surface area contributed by atoms with Gasteiger partial charge in [0.25, 0.3) is 5.82 Å². The first-order valence-corrected chi connectivity index (χ1v) is 20.3. The molecule has 2 heteroatoms. The van der Waals surface area contributed by atoms with Crippen LogP contribution in [0.5, 0.6) is 0 Å². The van der Waals surface area contributed by atoms with E-state index in [9.17, 15) is 0 Å². The SMILES string of the molecule is CCCCCCCCCCCCCCCCCCC(CCCCCCCCCCCCCCCC)c1[nH]cc[n+]1C(C)C. The Balaban J connectivity index is 2.09. The molecule has 1 unspecified atom stereocenters. The van der Waals surface area contributed by atoms with Gasteiger partial charge in [-0.2, -0.15) is 0 Å². The van der Waals surface area contributed by atoms with Crippen LogP contribution in [0.4, 0.5) is 0 Å². The maximum Gasteiger partial charge on any atom is 0.257 e. The molecule has 1 heterocycles. The summed E-state index contributed by atoms with van der Waals surface area (Å²) >= 11 is 0. The molecule has 0 bridgehead atoms. The van der Waals surface area contributed by atoms with E-state index in [-0.39, 0.29) is 0 Å². The Labute approximate surface area is 272 Å². The third-order valence-corrected chi connectivity index (χ3v) is 10.00. The molecule has 2 nitrogen and oxygen atoms in total. The molecular formula is C41H81N2+. The molecule has 1 atom stereocenters. The molecule has 0 aromatic carbocycles. The second kappa shape index (κ2) is 31.2. The molecule has 0 fully saturated rings. The van der Waals surface area contributed by atoms with Crippen LogP contribution in [0, 0.1) is 0 Å². The molecular weight excluding hydrogens is 520 g/mol. The maximum absolute atomic E-state index is 3.65. The van der Waals surface area contributed by atoms with Gasteiger partial charge < -0.3 is 0 Å². The standard InChI is InChI=1S/C41H80N2/c1-5-7-9-11-13-15-17-19-21-22-24-26-28-30-32-34-36-40(41-42-37-38-43(41)39(3)4)35-33-31-29-27-25-23-20-18-16-14-12-10-8-6-2/h37-40H,5-36H2,1-4H3/p+1. The lowest BCUT2D eigenvalue weighted by molar-refractivity contribution is -0.723. The molecule has 0 spiro atoms. The van der Waals surface area contributed by atoms with Crippen molar-refractivity contribution < 1.29 is 4.57 Å². The van der Waals surface area contributed by atoms with Gasteiger partial charge >= 0.3 is 0 Å². The predicted molar refractivity (Wildman–Crippen MR) is 193 cm³/mol. The Hall–Kier alpha value is -0.790. The Morgan fingerprint density at radius 2 is 0.721 bits per heavy atom. The lowest BCUT2D eigenvalue weighted by Gasteiger charge is -2.15. The van der Waals surface area contributed by atoms with Crippen molar-refractivity contribution in [3.05, 3.63) is 18.2 Å². The van der Waals surface area contributed by atoms with E-state index >= 15 is 0 Å². The highest BCUT2D eigenvalue weighted by atomic mass is 15.1. The number of imidazole rings is 1. The summed E-state index contributed by atoms with van der Waals surface area (Å²) in [4.78, 5) is 3.65. The second-order valence-corrected chi connectivity index (χ2v) is 14.5. The average Bonchev–Trinajstić information content (AvgIpc) is 3.50. The number of aromatic amines is 1. The molecule has 0 amide bonds. The zero-order chi connectivity index (χ0) is 31.1. The molecule has 0 saturated carbocycles. The molecule has 0 aliphatic heterocycles. The Kier molecular flexibility index (Phi) is 29.2. The summed E-state index contributed by atoms with van der Waals surface area (Å²) < 4.78 is 2.50. The number of nitrogens with zero attached hydrogens (tertiary/aromatic N) is 1. The molecule has 1 aromatic heterocycles. The van der Waals surface area contributed by atoms with Gasteiger partial charge in [0.15, 0.2) is 0 Å². The van der Waals surface area contributed by atoms with Crippen molar-refractivity contribution in [2.45, 2.75) is 245 Å². The molecule has 0 radical (unpaired) electrons. The number of aromatic nitrogens is 2. The first kappa shape index (κ1) is 40.2. The molecule has 1 N–H and O–H groups in total. The normalized spacial score (nSPS) is 12.5. The van der Waals surface area contributed by atoms with E-state index in [1.165, 1.54) is 211 Å². The summed E-state index contributed by atoms with van der Waals surface area (Å²) in [5, 5.41) is 0. The van der Waals surface area contributed by atoms with E-state index in [1.807, 2.05) is 0 Å². The third kappa shape index (κ3) is 24.2. The minimum Gasteiger partial charge on any atom is -0.247 e. The van der Waals surface area contributed by atoms with Crippen LogP contribution in [0.2, 0.25) is 0 Å². The number of H-pyrrole nitrogens is 1.